The van der Waals surface area contributed by atoms with Crippen LogP contribution in [-0.4, -0.2) is 41.0 Å². The molecule has 0 aromatic carbocycles. The van der Waals surface area contributed by atoms with Crippen LogP contribution in [0.3, 0.4) is 0 Å². The van der Waals surface area contributed by atoms with Crippen LogP contribution in [0.5, 0.6) is 0 Å². The summed E-state index contributed by atoms with van der Waals surface area (Å²) in [5, 5.41) is 9.10. The lowest BCUT2D eigenvalue weighted by Crippen LogP contribution is -2.37. The highest BCUT2D eigenvalue weighted by atomic mass is 35.5. The normalized spacial score (nSPS) is 29.6. The monoisotopic (exact) mass is 259 g/mol. The van der Waals surface area contributed by atoms with Crippen LogP contribution in [0.2, 0.25) is 0 Å². The van der Waals surface area contributed by atoms with Crippen molar-refractivity contribution in [3.63, 3.8) is 0 Å². The molecule has 2 unspecified atom stereocenters. The molecule has 1 aliphatic carbocycles. The van der Waals surface area contributed by atoms with Crippen molar-refractivity contribution in [2.75, 3.05) is 19.7 Å². The first-order chi connectivity index (χ1) is 8.09. The first-order valence-electron chi connectivity index (χ1n) is 6.63. The van der Waals surface area contributed by atoms with Gasteiger partial charge in [-0.15, -0.1) is 11.6 Å². The topological polar surface area (TPSA) is 40.5 Å². The molecule has 2 aliphatic rings. The molecule has 17 heavy (non-hydrogen) atoms. The van der Waals surface area contributed by atoms with Gasteiger partial charge in [-0.2, -0.15) is 0 Å². The number of halogens is 1. The molecule has 1 heterocycles. The van der Waals surface area contributed by atoms with Crippen molar-refractivity contribution in [2.24, 2.45) is 11.3 Å². The van der Waals surface area contributed by atoms with Crippen molar-refractivity contribution in [2.45, 2.75) is 44.4 Å². The van der Waals surface area contributed by atoms with Gasteiger partial charge in [0.25, 0.3) is 0 Å². The fourth-order valence-electron chi connectivity index (χ4n) is 3.53. The van der Waals surface area contributed by atoms with E-state index in [4.69, 9.17) is 11.6 Å². The van der Waals surface area contributed by atoms with Crippen LogP contribution >= 0.6 is 11.6 Å². The van der Waals surface area contributed by atoms with Crippen LogP contribution in [-0.2, 0) is 4.79 Å². The Hall–Kier alpha value is -0.280. The SMILES string of the molecule is CC(Cl)C(=O)N1CC(CO)C2(CCCCC2)C1. The third kappa shape index (κ3) is 2.45. The van der Waals surface area contributed by atoms with Gasteiger partial charge in [-0.05, 0) is 25.2 Å². The molecule has 4 heteroatoms. The molecule has 1 aliphatic heterocycles. The molecular weight excluding hydrogens is 238 g/mol. The summed E-state index contributed by atoms with van der Waals surface area (Å²) in [5.74, 6) is 0.273. The number of carbonyl (C=O) groups excluding carboxylic acids is 1. The average Bonchev–Trinajstić information content (AvgIpc) is 2.67. The molecule has 2 rings (SSSR count). The minimum Gasteiger partial charge on any atom is -0.396 e. The summed E-state index contributed by atoms with van der Waals surface area (Å²) in [7, 11) is 0. The number of nitrogens with zero attached hydrogens (tertiary/aromatic N) is 1. The Morgan fingerprint density at radius 2 is 2.12 bits per heavy atom. The standard InChI is InChI=1S/C13H22ClNO2/c1-10(14)12(17)15-7-11(8-16)13(9-15)5-3-2-4-6-13/h10-11,16H,2-9H2,1H3. The van der Waals surface area contributed by atoms with Crippen LogP contribution in [0.1, 0.15) is 39.0 Å². The van der Waals surface area contributed by atoms with Crippen molar-refractivity contribution < 1.29 is 9.90 Å². The second-order valence-electron chi connectivity index (χ2n) is 5.64. The van der Waals surface area contributed by atoms with E-state index in [1.807, 2.05) is 4.90 Å². The Balaban J connectivity index is 2.10. The van der Waals surface area contributed by atoms with Crippen LogP contribution in [0.25, 0.3) is 0 Å². The molecule has 0 bridgehead atoms. The maximum absolute atomic E-state index is 11.9. The third-order valence-electron chi connectivity index (χ3n) is 4.53. The van der Waals surface area contributed by atoms with Gasteiger partial charge in [0.1, 0.15) is 5.38 Å². The summed E-state index contributed by atoms with van der Waals surface area (Å²) < 4.78 is 0. The van der Waals surface area contributed by atoms with Crippen molar-refractivity contribution in [1.82, 2.24) is 4.90 Å². The first kappa shape index (κ1) is 13.2. The zero-order valence-corrected chi connectivity index (χ0v) is 11.2. The molecule has 2 fully saturated rings. The lowest BCUT2D eigenvalue weighted by Gasteiger charge is -2.37. The summed E-state index contributed by atoms with van der Waals surface area (Å²) in [6.45, 7) is 3.41. The van der Waals surface area contributed by atoms with Crippen LogP contribution < -0.4 is 0 Å². The van der Waals surface area contributed by atoms with Crippen LogP contribution in [0.4, 0.5) is 0 Å². The van der Waals surface area contributed by atoms with Gasteiger partial charge < -0.3 is 10.0 Å². The third-order valence-corrected chi connectivity index (χ3v) is 4.72. The Morgan fingerprint density at radius 1 is 1.47 bits per heavy atom. The Bertz CT molecular complexity index is 287. The van der Waals surface area contributed by atoms with E-state index in [1.54, 1.807) is 6.92 Å². The number of amides is 1. The van der Waals surface area contributed by atoms with Crippen LogP contribution in [0, 0.1) is 11.3 Å². The second kappa shape index (κ2) is 5.15. The summed E-state index contributed by atoms with van der Waals surface area (Å²) in [5.41, 5.74) is 0.175. The van der Waals surface area contributed by atoms with E-state index >= 15 is 0 Å². The van der Waals surface area contributed by atoms with E-state index in [0.29, 0.717) is 6.54 Å². The summed E-state index contributed by atoms with van der Waals surface area (Å²) >= 11 is 5.87. The Labute approximate surface area is 108 Å². The lowest BCUT2D eigenvalue weighted by molar-refractivity contribution is -0.130. The fourth-order valence-corrected chi connectivity index (χ4v) is 3.66. The number of hydrogen-bond acceptors (Lipinski definition) is 2. The van der Waals surface area contributed by atoms with Gasteiger partial charge in [-0.25, -0.2) is 0 Å². The number of rotatable bonds is 2. The number of carbonyl (C=O) groups is 1. The molecule has 1 N–H and O–H groups in total. The summed E-state index contributed by atoms with van der Waals surface area (Å²) in [6.07, 6.45) is 6.06. The van der Waals surface area contributed by atoms with Crippen LogP contribution in [0.15, 0.2) is 0 Å². The largest absolute Gasteiger partial charge is 0.396 e. The fraction of sp³-hybridized carbons (Fsp3) is 0.923. The molecule has 1 saturated heterocycles. The minimum atomic E-state index is -0.451. The van der Waals surface area contributed by atoms with Gasteiger partial charge in [-0.3, -0.25) is 4.79 Å². The lowest BCUT2D eigenvalue weighted by atomic mass is 9.68. The highest BCUT2D eigenvalue weighted by Gasteiger charge is 2.47. The second-order valence-corrected chi connectivity index (χ2v) is 6.29. The Morgan fingerprint density at radius 3 is 2.65 bits per heavy atom. The molecule has 0 radical (unpaired) electrons. The minimum absolute atomic E-state index is 0.0209. The molecule has 0 aromatic heterocycles. The first-order valence-corrected chi connectivity index (χ1v) is 7.06. The maximum Gasteiger partial charge on any atom is 0.240 e. The van der Waals surface area contributed by atoms with Gasteiger partial charge in [0.15, 0.2) is 0 Å². The van der Waals surface area contributed by atoms with E-state index in [9.17, 15) is 9.90 Å². The number of alkyl halides is 1. The molecule has 2 atom stereocenters. The molecule has 3 nitrogen and oxygen atoms in total. The van der Waals surface area contributed by atoms with Gasteiger partial charge in [0.05, 0.1) is 0 Å². The molecule has 98 valence electrons. The Kier molecular flexibility index (Phi) is 3.99. The number of aliphatic hydroxyl groups is 1. The highest BCUT2D eigenvalue weighted by molar-refractivity contribution is 6.30. The van der Waals surface area contributed by atoms with Crippen molar-refractivity contribution in [1.29, 1.82) is 0 Å². The van der Waals surface area contributed by atoms with Gasteiger partial charge in [0, 0.05) is 25.6 Å². The van der Waals surface area contributed by atoms with Gasteiger partial charge in [-0.1, -0.05) is 19.3 Å². The smallest absolute Gasteiger partial charge is 0.240 e. The predicted octanol–water partition coefficient (Wildman–Crippen LogP) is 2.01. The van der Waals surface area contributed by atoms with E-state index in [2.05, 4.69) is 0 Å². The number of hydrogen-bond donors (Lipinski definition) is 1. The quantitative estimate of drug-likeness (QED) is 0.771. The molecular formula is C13H22ClNO2. The van der Waals surface area contributed by atoms with Gasteiger partial charge >= 0.3 is 0 Å². The summed E-state index contributed by atoms with van der Waals surface area (Å²) in [4.78, 5) is 13.8. The molecule has 1 amide bonds. The summed E-state index contributed by atoms with van der Waals surface area (Å²) in [6, 6.07) is 0. The molecule has 0 aromatic rings. The average molecular weight is 260 g/mol. The zero-order valence-electron chi connectivity index (χ0n) is 10.5. The highest BCUT2D eigenvalue weighted by Crippen LogP contribution is 2.47. The van der Waals surface area contributed by atoms with Crippen molar-refractivity contribution in [3.8, 4) is 0 Å². The van der Waals surface area contributed by atoms with E-state index in [-0.39, 0.29) is 23.8 Å². The predicted molar refractivity (Wildman–Crippen MR) is 68.0 cm³/mol. The number of aliphatic hydroxyl groups excluding tert-OH is 1. The maximum atomic E-state index is 11.9. The molecule has 1 saturated carbocycles. The van der Waals surface area contributed by atoms with Crippen molar-refractivity contribution in [3.05, 3.63) is 0 Å². The number of likely N-dealkylation sites (tertiary alicyclic amines) is 1. The molecule has 1 spiro atoms. The zero-order chi connectivity index (χ0) is 12.5. The van der Waals surface area contributed by atoms with Gasteiger partial charge in [0.2, 0.25) is 5.91 Å². The van der Waals surface area contributed by atoms with E-state index < -0.39 is 5.38 Å². The van der Waals surface area contributed by atoms with Crippen molar-refractivity contribution >= 4 is 17.5 Å². The van der Waals surface area contributed by atoms with E-state index in [1.165, 1.54) is 19.3 Å². The van der Waals surface area contributed by atoms with E-state index in [0.717, 1.165) is 19.4 Å².